The summed E-state index contributed by atoms with van der Waals surface area (Å²) in [5, 5.41) is 12.1. The highest BCUT2D eigenvalue weighted by Gasteiger charge is 2.18. The van der Waals surface area contributed by atoms with Crippen molar-refractivity contribution in [3.63, 3.8) is 0 Å². The first-order chi connectivity index (χ1) is 24.8. The molecule has 0 amide bonds. The Morgan fingerprint density at radius 1 is 0.380 bits per heavy atom. The summed E-state index contributed by atoms with van der Waals surface area (Å²) in [4.78, 5) is 9.95. The van der Waals surface area contributed by atoms with Gasteiger partial charge in [-0.3, -0.25) is 4.57 Å². The Labute approximate surface area is 286 Å². The van der Waals surface area contributed by atoms with Gasteiger partial charge in [0.2, 0.25) is 5.95 Å². The Hall–Kier alpha value is -6.78. The third-order valence-electron chi connectivity index (χ3n) is 10.3. The normalized spacial score (nSPS) is 12.0. The van der Waals surface area contributed by atoms with Gasteiger partial charge in [0.1, 0.15) is 11.2 Å². The summed E-state index contributed by atoms with van der Waals surface area (Å²) >= 11 is 0. The largest absolute Gasteiger partial charge is 0.455 e. The first-order valence-electron chi connectivity index (χ1n) is 16.9. The van der Waals surface area contributed by atoms with E-state index in [1.54, 1.807) is 0 Å². The molecule has 0 aliphatic carbocycles. The molecule has 3 aromatic heterocycles. The molecule has 11 aromatic rings. The van der Waals surface area contributed by atoms with Gasteiger partial charge in [-0.2, -0.15) is 0 Å². The molecule has 11 rings (SSSR count). The highest BCUT2D eigenvalue weighted by molar-refractivity contribution is 6.25. The fourth-order valence-corrected chi connectivity index (χ4v) is 8.00. The molecule has 0 unspecified atom stereocenters. The Kier molecular flexibility index (Phi) is 5.63. The molecule has 3 heterocycles. The van der Waals surface area contributed by atoms with Crippen molar-refractivity contribution in [3.8, 4) is 28.2 Å². The molecule has 0 saturated heterocycles. The average Bonchev–Trinajstić information content (AvgIpc) is 3.74. The van der Waals surface area contributed by atoms with Crippen LogP contribution in [0.2, 0.25) is 0 Å². The van der Waals surface area contributed by atoms with Gasteiger partial charge in [0.15, 0.2) is 0 Å². The lowest BCUT2D eigenvalue weighted by molar-refractivity contribution is 0.670. The SMILES string of the molecule is c1ccc2c(c1)oc1c(-c3ccc4c(c3)c3ccccc3n4-c3ncc(-c4ccc5c6ccccc6c6ccccc6c5c4)cn3)cccc12. The fourth-order valence-electron chi connectivity index (χ4n) is 8.00. The average molecular weight is 638 g/mol. The fraction of sp³-hybridized carbons (Fsp3) is 0. The number of furan rings is 1. The minimum Gasteiger partial charge on any atom is -0.455 e. The van der Waals surface area contributed by atoms with Crippen LogP contribution in [0.3, 0.4) is 0 Å². The van der Waals surface area contributed by atoms with Crippen molar-refractivity contribution < 1.29 is 4.42 Å². The Bertz CT molecular complexity index is 3110. The van der Waals surface area contributed by atoms with Crippen LogP contribution in [0.15, 0.2) is 168 Å². The molecule has 0 bridgehead atoms. The number of aromatic nitrogens is 3. The van der Waals surface area contributed by atoms with Crippen molar-refractivity contribution in [2.75, 3.05) is 0 Å². The van der Waals surface area contributed by atoms with E-state index in [9.17, 15) is 0 Å². The first kappa shape index (κ1) is 27.2. The molecular formula is C46H27N3O. The van der Waals surface area contributed by atoms with Crippen LogP contribution in [0.5, 0.6) is 0 Å². The maximum Gasteiger partial charge on any atom is 0.234 e. The van der Waals surface area contributed by atoms with E-state index in [1.807, 2.05) is 24.5 Å². The molecule has 0 aliphatic heterocycles. The summed E-state index contributed by atoms with van der Waals surface area (Å²) in [6, 6.07) is 53.8. The van der Waals surface area contributed by atoms with Crippen molar-refractivity contribution >= 4 is 76.1 Å². The number of hydrogen-bond donors (Lipinski definition) is 0. The van der Waals surface area contributed by atoms with Crippen LogP contribution in [0.4, 0.5) is 0 Å². The summed E-state index contributed by atoms with van der Waals surface area (Å²) < 4.78 is 8.56. The zero-order valence-electron chi connectivity index (χ0n) is 26.8. The van der Waals surface area contributed by atoms with Gasteiger partial charge in [0.05, 0.1) is 11.0 Å². The summed E-state index contributed by atoms with van der Waals surface area (Å²) in [6.07, 6.45) is 3.90. The molecule has 8 aromatic carbocycles. The van der Waals surface area contributed by atoms with Gasteiger partial charge >= 0.3 is 0 Å². The Morgan fingerprint density at radius 3 is 1.70 bits per heavy atom. The zero-order valence-corrected chi connectivity index (χ0v) is 26.8. The molecule has 50 heavy (non-hydrogen) atoms. The smallest absolute Gasteiger partial charge is 0.234 e. The van der Waals surface area contributed by atoms with Gasteiger partial charge in [-0.05, 0) is 73.8 Å². The van der Waals surface area contributed by atoms with E-state index in [0.29, 0.717) is 5.95 Å². The van der Waals surface area contributed by atoms with Crippen molar-refractivity contribution in [1.82, 2.24) is 14.5 Å². The van der Waals surface area contributed by atoms with E-state index in [4.69, 9.17) is 14.4 Å². The van der Waals surface area contributed by atoms with Gasteiger partial charge in [-0.15, -0.1) is 0 Å². The molecule has 0 aliphatic rings. The van der Waals surface area contributed by atoms with E-state index in [2.05, 4.69) is 144 Å². The molecule has 0 saturated carbocycles. The van der Waals surface area contributed by atoms with Crippen LogP contribution in [-0.4, -0.2) is 14.5 Å². The minimum absolute atomic E-state index is 0.643. The van der Waals surface area contributed by atoms with E-state index >= 15 is 0 Å². The van der Waals surface area contributed by atoms with Crippen molar-refractivity contribution in [2.24, 2.45) is 0 Å². The highest BCUT2D eigenvalue weighted by atomic mass is 16.3. The van der Waals surface area contributed by atoms with Gasteiger partial charge in [-0.1, -0.05) is 121 Å². The monoisotopic (exact) mass is 637 g/mol. The topological polar surface area (TPSA) is 43.9 Å². The van der Waals surface area contributed by atoms with Gasteiger partial charge < -0.3 is 4.42 Å². The van der Waals surface area contributed by atoms with Crippen molar-refractivity contribution in [2.45, 2.75) is 0 Å². The lowest BCUT2D eigenvalue weighted by Gasteiger charge is -2.12. The number of benzene rings is 8. The Balaban J connectivity index is 1.04. The van der Waals surface area contributed by atoms with E-state index in [1.165, 1.54) is 32.3 Å². The van der Waals surface area contributed by atoms with E-state index in [-0.39, 0.29) is 0 Å². The lowest BCUT2D eigenvalue weighted by atomic mass is 9.92. The summed E-state index contributed by atoms with van der Waals surface area (Å²) in [7, 11) is 0. The molecule has 4 heteroatoms. The summed E-state index contributed by atoms with van der Waals surface area (Å²) in [5.74, 6) is 0.643. The number of rotatable bonds is 3. The van der Waals surface area contributed by atoms with Crippen LogP contribution in [0.1, 0.15) is 0 Å². The highest BCUT2D eigenvalue weighted by Crippen LogP contribution is 2.40. The number of nitrogens with zero attached hydrogens (tertiary/aromatic N) is 3. The van der Waals surface area contributed by atoms with Crippen LogP contribution < -0.4 is 0 Å². The third-order valence-corrected chi connectivity index (χ3v) is 10.3. The molecular weight excluding hydrogens is 611 g/mol. The quantitative estimate of drug-likeness (QED) is 0.181. The number of hydrogen-bond acceptors (Lipinski definition) is 3. The summed E-state index contributed by atoms with van der Waals surface area (Å²) in [5.41, 5.74) is 8.20. The first-order valence-corrected chi connectivity index (χ1v) is 16.9. The second-order valence-corrected chi connectivity index (χ2v) is 13.0. The third kappa shape index (κ3) is 3.87. The van der Waals surface area contributed by atoms with E-state index < -0.39 is 0 Å². The maximum atomic E-state index is 6.40. The van der Waals surface area contributed by atoms with Gasteiger partial charge in [-0.25, -0.2) is 9.97 Å². The number of para-hydroxylation sites is 3. The molecule has 4 nitrogen and oxygen atoms in total. The predicted molar refractivity (Wildman–Crippen MR) is 207 cm³/mol. The molecule has 0 spiro atoms. The van der Waals surface area contributed by atoms with Crippen LogP contribution in [0, 0.1) is 0 Å². The second-order valence-electron chi connectivity index (χ2n) is 13.0. The summed E-state index contributed by atoms with van der Waals surface area (Å²) in [6.45, 7) is 0. The Morgan fingerprint density at radius 2 is 0.940 bits per heavy atom. The van der Waals surface area contributed by atoms with Gasteiger partial charge in [0.25, 0.3) is 0 Å². The van der Waals surface area contributed by atoms with Crippen molar-refractivity contribution in [1.29, 1.82) is 0 Å². The van der Waals surface area contributed by atoms with Crippen molar-refractivity contribution in [3.05, 3.63) is 164 Å². The number of fused-ring (bicyclic) bond motifs is 12. The standard InChI is InChI=1S/C46H27N3O/c1-2-12-34-32(10-1)33-11-3-4-13-35(33)40-24-28(20-22-36(34)40)30-26-47-46(48-27-30)49-42-18-7-5-14-37(42)41-25-29(21-23-43(41)49)31-16-9-17-39-38-15-6-8-19-44(38)50-45(31)39/h1-27H. The van der Waals surface area contributed by atoms with Gasteiger partial charge in [0, 0.05) is 45.1 Å². The minimum atomic E-state index is 0.643. The van der Waals surface area contributed by atoms with Crippen LogP contribution >= 0.6 is 0 Å². The van der Waals surface area contributed by atoms with Crippen LogP contribution in [0.25, 0.3) is 104 Å². The molecule has 232 valence electrons. The van der Waals surface area contributed by atoms with E-state index in [0.717, 1.165) is 66.0 Å². The lowest BCUT2D eigenvalue weighted by Crippen LogP contribution is -2.00. The molecule has 0 atom stereocenters. The predicted octanol–water partition coefficient (Wildman–Crippen LogP) is 12.3. The maximum absolute atomic E-state index is 6.40. The molecule has 0 N–H and O–H groups in total. The zero-order chi connectivity index (χ0) is 32.8. The molecule has 0 radical (unpaired) electrons. The van der Waals surface area contributed by atoms with Crippen LogP contribution in [-0.2, 0) is 0 Å². The second kappa shape index (κ2) is 10.4. The molecule has 0 fully saturated rings.